The molecule has 1 saturated heterocycles. The van der Waals surface area contributed by atoms with E-state index in [0.29, 0.717) is 0 Å². The normalized spacial score (nSPS) is 26.1. The number of carbonyl (C=O) groups excluding carboxylic acids is 1. The van der Waals surface area contributed by atoms with Crippen LogP contribution in [0.3, 0.4) is 0 Å². The molecule has 3 aliphatic rings. The van der Waals surface area contributed by atoms with Gasteiger partial charge in [-0.05, 0) is 70.1 Å². The largest absolute Gasteiger partial charge is 2.00 e. The fourth-order valence-electron chi connectivity index (χ4n) is 2.11. The van der Waals surface area contributed by atoms with Crippen LogP contribution in [0.1, 0.15) is 6.42 Å². The van der Waals surface area contributed by atoms with Crippen LogP contribution in [0.2, 0.25) is 0 Å². The first kappa shape index (κ1) is 18.0. The van der Waals surface area contributed by atoms with Crippen LogP contribution in [0, 0.1) is 63.7 Å². The second-order valence-electron chi connectivity index (χ2n) is 4.55. The van der Waals surface area contributed by atoms with Gasteiger partial charge < -0.3 is 4.74 Å². The molecular weight excluding hydrogens is 294 g/mol. The summed E-state index contributed by atoms with van der Waals surface area (Å²) >= 11 is 0. The maximum Gasteiger partial charge on any atom is 2.00 e. The predicted molar refractivity (Wildman–Crippen MR) is 73.9 cm³/mol. The van der Waals surface area contributed by atoms with E-state index in [1.807, 2.05) is 44.9 Å². The van der Waals surface area contributed by atoms with E-state index in [1.165, 1.54) is 13.0 Å². The van der Waals surface area contributed by atoms with Gasteiger partial charge in [0.15, 0.2) is 0 Å². The zero-order valence-electron chi connectivity index (χ0n) is 11.5. The summed E-state index contributed by atoms with van der Waals surface area (Å²) in [4.78, 5) is 13.4. The van der Waals surface area contributed by atoms with Crippen LogP contribution in [0.4, 0.5) is 0 Å². The van der Waals surface area contributed by atoms with Crippen LogP contribution in [0.25, 0.3) is 0 Å². The number of nitrogens with zero attached hydrogens (tertiary/aromatic N) is 1. The Morgan fingerprint density at radius 2 is 1.70 bits per heavy atom. The number of hydrogen-bond donors (Lipinski definition) is 0. The quantitative estimate of drug-likeness (QED) is 0.586. The zero-order valence-corrected chi connectivity index (χ0v) is 12.6. The number of likely N-dealkylation sites (tertiary alicyclic amines) is 1. The van der Waals surface area contributed by atoms with Crippen LogP contribution in [-0.2, 0) is 26.6 Å². The second kappa shape index (κ2) is 9.81. The van der Waals surface area contributed by atoms with Crippen LogP contribution in [0.5, 0.6) is 0 Å². The van der Waals surface area contributed by atoms with Gasteiger partial charge in [-0.15, -0.1) is 0 Å². The maximum absolute atomic E-state index is 11.3. The monoisotopic (exact) mass is 313 g/mol. The van der Waals surface area contributed by atoms with Crippen LogP contribution in [-0.4, -0.2) is 37.1 Å². The molecule has 0 aromatic rings. The molecule has 2 aliphatic carbocycles. The Balaban J connectivity index is 0.000000283. The third-order valence-electron chi connectivity index (χ3n) is 3.28. The summed E-state index contributed by atoms with van der Waals surface area (Å²) in [6.07, 6.45) is 19.1. The fraction of sp³-hybridized carbons (Fsp3) is 0.312. The van der Waals surface area contributed by atoms with Crippen molar-refractivity contribution in [2.24, 2.45) is 0 Å². The molecule has 0 amide bonds. The number of methoxy groups -OCH3 is 1. The number of ether oxygens (including phenoxy) is 1. The molecule has 0 aromatic heterocycles. The molecule has 3 nitrogen and oxygen atoms in total. The van der Waals surface area contributed by atoms with E-state index in [9.17, 15) is 4.79 Å². The van der Waals surface area contributed by atoms with E-state index in [4.69, 9.17) is 4.74 Å². The summed E-state index contributed by atoms with van der Waals surface area (Å²) in [6, 6.07) is -0.0186. The molecule has 1 aliphatic heterocycles. The summed E-state index contributed by atoms with van der Waals surface area (Å²) in [7, 11) is 1.45. The molecule has 4 heteroatoms. The molecule has 3 rings (SSSR count). The summed E-state index contributed by atoms with van der Waals surface area (Å²) in [5, 5.41) is 0. The van der Waals surface area contributed by atoms with Gasteiger partial charge in [-0.2, -0.15) is 0 Å². The number of carbonyl (C=O) groups is 1. The van der Waals surface area contributed by atoms with E-state index >= 15 is 0 Å². The van der Waals surface area contributed by atoms with Crippen molar-refractivity contribution in [1.82, 2.24) is 4.90 Å². The average Bonchev–Trinajstić information content (AvgIpc) is 3.09. The van der Waals surface area contributed by atoms with Crippen molar-refractivity contribution in [3.8, 4) is 0 Å². The van der Waals surface area contributed by atoms with Gasteiger partial charge in [-0.3, -0.25) is 9.69 Å². The van der Waals surface area contributed by atoms with Crippen LogP contribution in [0.15, 0.2) is 0 Å². The Labute approximate surface area is 134 Å². The van der Waals surface area contributed by atoms with Crippen molar-refractivity contribution >= 4 is 5.97 Å². The van der Waals surface area contributed by atoms with Gasteiger partial charge >= 0.3 is 23.0 Å². The maximum atomic E-state index is 11.3. The Morgan fingerprint density at radius 3 is 2.10 bits per heavy atom. The molecule has 0 unspecified atom stereocenters. The standard InChI is InChI=1S/C11H14NO2.C5H5.Fe/c1-14-11(13)10-6-7-12(10)8-9-4-2-3-5-9;1-2-4-5-3-1;/h2-5,10H,6-8H2,1H3;1-5H;/q;;+2/t10-;;/m0../s1. The van der Waals surface area contributed by atoms with Gasteiger partial charge in [0.05, 0.1) is 7.11 Å². The van der Waals surface area contributed by atoms with E-state index < -0.39 is 0 Å². The topological polar surface area (TPSA) is 29.5 Å². The molecule has 106 valence electrons. The SMILES string of the molecule is COC(=O)[C@@H]1CCN1C[C]1[CH][CH][CH][CH]1.[CH]1[CH][CH][CH][CH]1.[Fe+2]. The van der Waals surface area contributed by atoms with Crippen molar-refractivity contribution in [3.63, 3.8) is 0 Å². The van der Waals surface area contributed by atoms with Gasteiger partial charge in [0.25, 0.3) is 0 Å². The summed E-state index contributed by atoms with van der Waals surface area (Å²) in [5.41, 5.74) is 0. The van der Waals surface area contributed by atoms with Gasteiger partial charge in [-0.1, -0.05) is 0 Å². The minimum Gasteiger partial charge on any atom is -0.468 e. The first-order chi connectivity index (χ1) is 9.31. The van der Waals surface area contributed by atoms with E-state index in [2.05, 4.69) is 17.7 Å². The molecule has 20 heavy (non-hydrogen) atoms. The van der Waals surface area contributed by atoms with Crippen molar-refractivity contribution in [2.45, 2.75) is 12.5 Å². The van der Waals surface area contributed by atoms with Crippen molar-refractivity contribution in [2.75, 3.05) is 20.2 Å². The second-order valence-corrected chi connectivity index (χ2v) is 4.55. The fourth-order valence-corrected chi connectivity index (χ4v) is 2.11. The molecule has 1 heterocycles. The molecule has 0 spiro atoms. The van der Waals surface area contributed by atoms with Crippen molar-refractivity contribution < 1.29 is 26.6 Å². The zero-order chi connectivity index (χ0) is 13.5. The van der Waals surface area contributed by atoms with E-state index in [-0.39, 0.29) is 29.1 Å². The van der Waals surface area contributed by atoms with Crippen LogP contribution >= 0.6 is 0 Å². The third kappa shape index (κ3) is 5.38. The average molecular weight is 313 g/mol. The van der Waals surface area contributed by atoms with Gasteiger partial charge in [0.2, 0.25) is 0 Å². The number of rotatable bonds is 3. The van der Waals surface area contributed by atoms with Crippen LogP contribution < -0.4 is 0 Å². The summed E-state index contributed by atoms with van der Waals surface area (Å²) in [5.74, 6) is 1.15. The van der Waals surface area contributed by atoms with E-state index in [0.717, 1.165) is 19.5 Å². The molecule has 0 bridgehead atoms. The molecule has 3 fully saturated rings. The molecule has 2 saturated carbocycles. The smallest absolute Gasteiger partial charge is 0.468 e. The first-order valence-electron chi connectivity index (χ1n) is 6.50. The Bertz CT molecular complexity index is 268. The Morgan fingerprint density at radius 1 is 1.15 bits per heavy atom. The molecule has 0 aromatic carbocycles. The van der Waals surface area contributed by atoms with Gasteiger partial charge in [0, 0.05) is 13.1 Å². The minimum atomic E-state index is -0.109. The molecule has 0 N–H and O–H groups in total. The van der Waals surface area contributed by atoms with Gasteiger partial charge in [0.1, 0.15) is 6.04 Å². The first-order valence-corrected chi connectivity index (χ1v) is 6.50. The molecule has 1 atom stereocenters. The third-order valence-corrected chi connectivity index (χ3v) is 3.28. The summed E-state index contributed by atoms with van der Waals surface area (Å²) in [6.45, 7) is 1.84. The summed E-state index contributed by atoms with van der Waals surface area (Å²) < 4.78 is 4.72. The predicted octanol–water partition coefficient (Wildman–Crippen LogP) is 1.66. The minimum absolute atomic E-state index is 0. The Kier molecular flexibility index (Phi) is 8.83. The molecular formula is C16H19FeNO2+2. The van der Waals surface area contributed by atoms with E-state index in [1.54, 1.807) is 0 Å². The molecule has 10 radical (unpaired) electrons. The van der Waals surface area contributed by atoms with Crippen molar-refractivity contribution in [3.05, 3.63) is 63.7 Å². The Hall–Kier alpha value is -0.0505. The number of hydrogen-bond acceptors (Lipinski definition) is 3. The number of esters is 1. The van der Waals surface area contributed by atoms with Gasteiger partial charge in [-0.25, -0.2) is 0 Å². The van der Waals surface area contributed by atoms with Crippen molar-refractivity contribution in [1.29, 1.82) is 0 Å².